The van der Waals surface area contributed by atoms with E-state index in [1.54, 1.807) is 10.7 Å². The van der Waals surface area contributed by atoms with Crippen molar-refractivity contribution in [2.45, 2.75) is 26.1 Å². The highest BCUT2D eigenvalue weighted by Gasteiger charge is 2.23. The van der Waals surface area contributed by atoms with Crippen LogP contribution in [0.4, 0.5) is 5.82 Å². The Kier molecular flexibility index (Phi) is 2.94. The first kappa shape index (κ1) is 12.1. The maximum Gasteiger partial charge on any atom is 0.170 e. The smallest absolute Gasteiger partial charge is 0.170 e. The van der Waals surface area contributed by atoms with E-state index in [9.17, 15) is 4.79 Å². The lowest BCUT2D eigenvalue weighted by molar-refractivity contribution is -0.00551. The predicted octanol–water partition coefficient (Wildman–Crippen LogP) is 1.16. The number of nitrogens with zero attached hydrogens (tertiary/aromatic N) is 4. The number of aromatic nitrogens is 3. The lowest BCUT2D eigenvalue weighted by Gasteiger charge is -2.35. The average molecular weight is 260 g/mol. The van der Waals surface area contributed by atoms with E-state index < -0.39 is 0 Å². The first-order valence-electron chi connectivity index (χ1n) is 6.38. The Morgan fingerprint density at radius 3 is 2.74 bits per heavy atom. The molecule has 2 aromatic rings. The van der Waals surface area contributed by atoms with E-state index in [0.717, 1.165) is 25.2 Å². The van der Waals surface area contributed by atoms with Crippen LogP contribution in [0.25, 0.3) is 5.65 Å². The highest BCUT2D eigenvalue weighted by atomic mass is 16.5. The van der Waals surface area contributed by atoms with Gasteiger partial charge in [0.15, 0.2) is 11.9 Å². The molecule has 2 atom stereocenters. The summed E-state index contributed by atoms with van der Waals surface area (Å²) < 4.78 is 7.35. The number of fused-ring (bicyclic) bond motifs is 1. The zero-order valence-corrected chi connectivity index (χ0v) is 11.0. The van der Waals surface area contributed by atoms with Crippen LogP contribution in [0.2, 0.25) is 0 Å². The summed E-state index contributed by atoms with van der Waals surface area (Å²) in [6.07, 6.45) is 2.75. The first-order chi connectivity index (χ1) is 9.15. The van der Waals surface area contributed by atoms with Crippen LogP contribution in [0.15, 0.2) is 18.3 Å². The molecule has 1 aliphatic heterocycles. The summed E-state index contributed by atoms with van der Waals surface area (Å²) in [5, 5.41) is 4.50. The Hall–Kier alpha value is -1.95. The quantitative estimate of drug-likeness (QED) is 0.758. The molecular weight excluding hydrogens is 244 g/mol. The summed E-state index contributed by atoms with van der Waals surface area (Å²) in [6.45, 7) is 5.75. The van der Waals surface area contributed by atoms with Crippen molar-refractivity contribution in [2.24, 2.45) is 0 Å². The Morgan fingerprint density at radius 1 is 1.32 bits per heavy atom. The number of carbonyl (C=O) groups is 1. The number of ether oxygens (including phenoxy) is 1. The summed E-state index contributed by atoms with van der Waals surface area (Å²) in [7, 11) is 0. The number of hydrogen-bond acceptors (Lipinski definition) is 5. The van der Waals surface area contributed by atoms with Crippen molar-refractivity contribution in [3.63, 3.8) is 0 Å². The van der Waals surface area contributed by atoms with E-state index in [4.69, 9.17) is 4.74 Å². The number of aldehydes is 1. The van der Waals surface area contributed by atoms with E-state index in [1.807, 2.05) is 12.1 Å². The first-order valence-corrected chi connectivity index (χ1v) is 6.38. The van der Waals surface area contributed by atoms with Gasteiger partial charge in [0.25, 0.3) is 0 Å². The highest BCUT2D eigenvalue weighted by Crippen LogP contribution is 2.18. The molecular formula is C13H16N4O2. The van der Waals surface area contributed by atoms with Crippen LogP contribution in [-0.2, 0) is 4.74 Å². The predicted molar refractivity (Wildman–Crippen MR) is 70.6 cm³/mol. The molecule has 6 nitrogen and oxygen atoms in total. The number of morpholine rings is 1. The standard InChI is InChI=1S/C13H16N4O2/c1-9-5-16(6-10(2)19-9)13-4-3-12-14-11(8-18)7-17(12)15-13/h3-4,7-10H,5-6H2,1-2H3. The van der Waals surface area contributed by atoms with Gasteiger partial charge in [0, 0.05) is 13.1 Å². The van der Waals surface area contributed by atoms with Crippen molar-refractivity contribution in [3.8, 4) is 0 Å². The molecule has 0 aromatic carbocycles. The fourth-order valence-electron chi connectivity index (χ4n) is 2.48. The van der Waals surface area contributed by atoms with Gasteiger partial charge in [-0.15, -0.1) is 5.10 Å². The third kappa shape index (κ3) is 2.31. The summed E-state index contributed by atoms with van der Waals surface area (Å²) in [4.78, 5) is 17.0. The molecule has 1 fully saturated rings. The van der Waals surface area contributed by atoms with Crippen LogP contribution in [0.5, 0.6) is 0 Å². The third-order valence-corrected chi connectivity index (χ3v) is 3.19. The van der Waals surface area contributed by atoms with Crippen LogP contribution in [0.1, 0.15) is 24.3 Å². The molecule has 2 aromatic heterocycles. The maximum absolute atomic E-state index is 10.7. The van der Waals surface area contributed by atoms with Gasteiger partial charge in [-0.25, -0.2) is 9.50 Å². The van der Waals surface area contributed by atoms with Gasteiger partial charge in [0.05, 0.1) is 18.4 Å². The van der Waals surface area contributed by atoms with Gasteiger partial charge in [-0.3, -0.25) is 4.79 Å². The number of hydrogen-bond donors (Lipinski definition) is 0. The largest absolute Gasteiger partial charge is 0.372 e. The minimum Gasteiger partial charge on any atom is -0.372 e. The van der Waals surface area contributed by atoms with E-state index in [-0.39, 0.29) is 12.2 Å². The number of rotatable bonds is 2. The second kappa shape index (κ2) is 4.62. The molecule has 3 heterocycles. The normalized spacial score (nSPS) is 23.8. The maximum atomic E-state index is 10.7. The van der Waals surface area contributed by atoms with Crippen LogP contribution in [0.3, 0.4) is 0 Å². The van der Waals surface area contributed by atoms with E-state index >= 15 is 0 Å². The number of imidazole rings is 1. The average Bonchev–Trinajstić information content (AvgIpc) is 2.79. The van der Waals surface area contributed by atoms with Crippen molar-refractivity contribution in [1.82, 2.24) is 14.6 Å². The molecule has 0 bridgehead atoms. The molecule has 6 heteroatoms. The van der Waals surface area contributed by atoms with Gasteiger partial charge in [-0.1, -0.05) is 0 Å². The SMILES string of the molecule is CC1CN(c2ccc3nc(C=O)cn3n2)CC(C)O1. The van der Waals surface area contributed by atoms with Crippen molar-refractivity contribution in [2.75, 3.05) is 18.0 Å². The van der Waals surface area contributed by atoms with Gasteiger partial charge < -0.3 is 9.64 Å². The van der Waals surface area contributed by atoms with Crippen LogP contribution in [-0.4, -0.2) is 46.2 Å². The zero-order valence-electron chi connectivity index (χ0n) is 11.0. The minimum absolute atomic E-state index is 0.189. The van der Waals surface area contributed by atoms with Gasteiger partial charge in [0.2, 0.25) is 0 Å². The molecule has 2 unspecified atom stereocenters. The molecule has 1 aliphatic rings. The Labute approximate surface area is 111 Å². The minimum atomic E-state index is 0.189. The molecule has 100 valence electrons. The molecule has 19 heavy (non-hydrogen) atoms. The lowest BCUT2D eigenvalue weighted by atomic mass is 10.2. The van der Waals surface area contributed by atoms with Crippen molar-refractivity contribution < 1.29 is 9.53 Å². The van der Waals surface area contributed by atoms with Gasteiger partial charge >= 0.3 is 0 Å². The number of anilines is 1. The summed E-state index contributed by atoms with van der Waals surface area (Å²) in [5.41, 5.74) is 1.08. The Bertz CT molecular complexity index is 600. The molecule has 3 rings (SSSR count). The Morgan fingerprint density at radius 2 is 2.05 bits per heavy atom. The third-order valence-electron chi connectivity index (χ3n) is 3.19. The van der Waals surface area contributed by atoms with Crippen molar-refractivity contribution in [1.29, 1.82) is 0 Å². The van der Waals surface area contributed by atoms with Gasteiger partial charge in [-0.2, -0.15) is 0 Å². The zero-order chi connectivity index (χ0) is 13.4. The van der Waals surface area contributed by atoms with Gasteiger partial charge in [-0.05, 0) is 26.0 Å². The summed E-state index contributed by atoms with van der Waals surface area (Å²) in [6, 6.07) is 3.81. The second-order valence-corrected chi connectivity index (χ2v) is 4.94. The second-order valence-electron chi connectivity index (χ2n) is 4.94. The van der Waals surface area contributed by atoms with Crippen LogP contribution < -0.4 is 4.90 Å². The molecule has 1 saturated heterocycles. The van der Waals surface area contributed by atoms with Crippen molar-refractivity contribution in [3.05, 3.63) is 24.0 Å². The van der Waals surface area contributed by atoms with E-state index in [0.29, 0.717) is 11.3 Å². The molecule has 0 N–H and O–H groups in total. The molecule has 0 amide bonds. The number of carbonyl (C=O) groups excluding carboxylic acids is 1. The fourth-order valence-corrected chi connectivity index (χ4v) is 2.48. The van der Waals surface area contributed by atoms with Crippen LogP contribution >= 0.6 is 0 Å². The lowest BCUT2D eigenvalue weighted by Crippen LogP contribution is -2.46. The topological polar surface area (TPSA) is 59.7 Å². The van der Waals surface area contributed by atoms with Crippen LogP contribution in [0, 0.1) is 0 Å². The summed E-state index contributed by atoms with van der Waals surface area (Å²) >= 11 is 0. The van der Waals surface area contributed by atoms with E-state index in [1.165, 1.54) is 0 Å². The van der Waals surface area contributed by atoms with Crippen molar-refractivity contribution >= 4 is 17.8 Å². The Balaban J connectivity index is 1.93. The molecule has 0 saturated carbocycles. The van der Waals surface area contributed by atoms with E-state index in [2.05, 4.69) is 28.8 Å². The fraction of sp³-hybridized carbons (Fsp3) is 0.462. The molecule has 0 spiro atoms. The molecule has 0 aliphatic carbocycles. The van der Waals surface area contributed by atoms with Gasteiger partial charge in [0.1, 0.15) is 11.5 Å². The molecule has 0 radical (unpaired) electrons. The monoisotopic (exact) mass is 260 g/mol. The summed E-state index contributed by atoms with van der Waals surface area (Å²) in [5.74, 6) is 0.879. The highest BCUT2D eigenvalue weighted by molar-refractivity contribution is 5.73.